The van der Waals surface area contributed by atoms with Crippen LogP contribution in [0.2, 0.25) is 0 Å². The molecule has 0 aromatic rings. The summed E-state index contributed by atoms with van der Waals surface area (Å²) < 4.78 is 5.34. The quantitative estimate of drug-likeness (QED) is 0.638. The van der Waals surface area contributed by atoms with Crippen LogP contribution in [0.3, 0.4) is 0 Å². The number of ether oxygens (including phenoxy) is 1. The molecule has 4 atom stereocenters. The Labute approximate surface area is 81.9 Å². The van der Waals surface area contributed by atoms with Crippen LogP contribution < -0.4 is 0 Å². The Kier molecular flexibility index (Phi) is 2.18. The van der Waals surface area contributed by atoms with Crippen LogP contribution in [0.25, 0.3) is 0 Å². The van der Waals surface area contributed by atoms with Crippen LogP contribution >= 0.6 is 0 Å². The van der Waals surface area contributed by atoms with Gasteiger partial charge in [-0.3, -0.25) is 0 Å². The van der Waals surface area contributed by atoms with Crippen molar-refractivity contribution < 1.29 is 4.74 Å². The maximum Gasteiger partial charge on any atom is 0.0495 e. The minimum atomic E-state index is 0.607. The molecule has 1 nitrogen and oxygen atoms in total. The summed E-state index contributed by atoms with van der Waals surface area (Å²) >= 11 is 0. The zero-order valence-electron chi connectivity index (χ0n) is 9.34. The molecule has 0 spiro atoms. The molecule has 0 aromatic carbocycles. The van der Waals surface area contributed by atoms with Gasteiger partial charge in [-0.2, -0.15) is 0 Å². The van der Waals surface area contributed by atoms with Gasteiger partial charge < -0.3 is 4.74 Å². The molecule has 3 aliphatic carbocycles. The van der Waals surface area contributed by atoms with Gasteiger partial charge in [0.2, 0.25) is 0 Å². The van der Waals surface area contributed by atoms with E-state index in [1.807, 2.05) is 7.11 Å². The second kappa shape index (κ2) is 2.98. The van der Waals surface area contributed by atoms with Gasteiger partial charge >= 0.3 is 0 Å². The maximum absolute atomic E-state index is 5.34. The Balaban J connectivity index is 2.08. The normalized spacial score (nSPS) is 47.1. The first-order valence-electron chi connectivity index (χ1n) is 5.56. The molecule has 13 heavy (non-hydrogen) atoms. The fraction of sp³-hybridized carbons (Fsp3) is 1.00. The molecule has 3 aliphatic rings. The average Bonchev–Trinajstić information content (AvgIpc) is 2.08. The summed E-state index contributed by atoms with van der Waals surface area (Å²) in [6, 6.07) is 0. The zero-order valence-corrected chi connectivity index (χ0v) is 9.34. The second-order valence-electron chi connectivity index (χ2n) is 5.69. The van der Waals surface area contributed by atoms with Crippen LogP contribution in [0.1, 0.15) is 33.6 Å². The molecule has 3 saturated carbocycles. The molecule has 4 unspecified atom stereocenters. The van der Waals surface area contributed by atoms with Gasteiger partial charge in [0.1, 0.15) is 0 Å². The highest BCUT2D eigenvalue weighted by atomic mass is 16.5. The monoisotopic (exact) mass is 182 g/mol. The van der Waals surface area contributed by atoms with Crippen LogP contribution in [0.4, 0.5) is 0 Å². The summed E-state index contributed by atoms with van der Waals surface area (Å²) in [5.74, 6) is 3.64. The largest absolute Gasteiger partial charge is 0.384 e. The summed E-state index contributed by atoms with van der Waals surface area (Å²) in [5.41, 5.74) is 0.607. The Morgan fingerprint density at radius 1 is 1.31 bits per heavy atom. The van der Waals surface area contributed by atoms with Crippen LogP contribution in [-0.2, 0) is 4.74 Å². The molecule has 76 valence electrons. The number of fused-ring (bicyclic) bond motifs is 2. The summed E-state index contributed by atoms with van der Waals surface area (Å²) in [4.78, 5) is 0. The Morgan fingerprint density at radius 3 is 2.54 bits per heavy atom. The molecule has 1 heteroatoms. The lowest BCUT2D eigenvalue weighted by Gasteiger charge is -2.62. The van der Waals surface area contributed by atoms with E-state index < -0.39 is 0 Å². The Bertz CT molecular complexity index is 197. The third kappa shape index (κ3) is 1.24. The van der Waals surface area contributed by atoms with E-state index >= 15 is 0 Å². The molecular weight excluding hydrogens is 160 g/mol. The van der Waals surface area contributed by atoms with Crippen molar-refractivity contribution in [1.29, 1.82) is 0 Å². The van der Waals surface area contributed by atoms with Gasteiger partial charge in [-0.25, -0.2) is 0 Å². The molecule has 2 bridgehead atoms. The smallest absolute Gasteiger partial charge is 0.0495 e. The lowest BCUT2D eigenvalue weighted by atomic mass is 9.43. The Hall–Kier alpha value is -0.0400. The van der Waals surface area contributed by atoms with E-state index in [4.69, 9.17) is 4.74 Å². The van der Waals surface area contributed by atoms with Crippen molar-refractivity contribution in [3.63, 3.8) is 0 Å². The minimum absolute atomic E-state index is 0.607. The van der Waals surface area contributed by atoms with Gasteiger partial charge in [0, 0.05) is 13.7 Å². The topological polar surface area (TPSA) is 9.23 Å². The summed E-state index contributed by atoms with van der Waals surface area (Å²) in [6.07, 6.45) is 2.89. The van der Waals surface area contributed by atoms with Gasteiger partial charge in [-0.1, -0.05) is 20.8 Å². The molecule has 0 N–H and O–H groups in total. The SMILES string of the molecule is COCC1C(C)CC2CC1C2(C)C. The van der Waals surface area contributed by atoms with E-state index in [2.05, 4.69) is 20.8 Å². The number of hydrogen-bond acceptors (Lipinski definition) is 1. The van der Waals surface area contributed by atoms with Crippen molar-refractivity contribution in [2.45, 2.75) is 33.6 Å². The van der Waals surface area contributed by atoms with Crippen molar-refractivity contribution in [1.82, 2.24) is 0 Å². The number of methoxy groups -OCH3 is 1. The highest BCUT2D eigenvalue weighted by Crippen LogP contribution is 2.62. The first kappa shape index (κ1) is 9.51. The summed E-state index contributed by atoms with van der Waals surface area (Å²) in [7, 11) is 1.84. The van der Waals surface area contributed by atoms with E-state index in [1.165, 1.54) is 12.8 Å². The predicted molar refractivity (Wildman–Crippen MR) is 54.5 cm³/mol. The first-order valence-corrected chi connectivity index (χ1v) is 5.56. The van der Waals surface area contributed by atoms with E-state index in [0.29, 0.717) is 5.41 Å². The van der Waals surface area contributed by atoms with Crippen molar-refractivity contribution in [2.24, 2.45) is 29.1 Å². The Morgan fingerprint density at radius 2 is 2.00 bits per heavy atom. The highest BCUT2D eigenvalue weighted by molar-refractivity contribution is 5.05. The molecule has 0 aliphatic heterocycles. The molecule has 3 rings (SSSR count). The van der Waals surface area contributed by atoms with Gasteiger partial charge in [-0.05, 0) is 41.9 Å². The van der Waals surface area contributed by atoms with Crippen LogP contribution in [-0.4, -0.2) is 13.7 Å². The van der Waals surface area contributed by atoms with Gasteiger partial charge in [0.05, 0.1) is 0 Å². The van der Waals surface area contributed by atoms with Crippen LogP contribution in [0, 0.1) is 29.1 Å². The molecule has 0 amide bonds. The van der Waals surface area contributed by atoms with Gasteiger partial charge in [-0.15, -0.1) is 0 Å². The minimum Gasteiger partial charge on any atom is -0.384 e. The fourth-order valence-electron chi connectivity index (χ4n) is 3.68. The fourth-order valence-corrected chi connectivity index (χ4v) is 3.68. The third-order valence-corrected chi connectivity index (χ3v) is 4.81. The highest BCUT2D eigenvalue weighted by Gasteiger charge is 2.56. The van der Waals surface area contributed by atoms with Crippen molar-refractivity contribution >= 4 is 0 Å². The van der Waals surface area contributed by atoms with Crippen LogP contribution in [0.5, 0.6) is 0 Å². The van der Waals surface area contributed by atoms with E-state index in [-0.39, 0.29) is 0 Å². The van der Waals surface area contributed by atoms with E-state index in [9.17, 15) is 0 Å². The molecular formula is C12H22O. The van der Waals surface area contributed by atoms with Crippen molar-refractivity contribution in [3.05, 3.63) is 0 Å². The van der Waals surface area contributed by atoms with E-state index in [1.54, 1.807) is 0 Å². The number of hydrogen-bond donors (Lipinski definition) is 0. The number of rotatable bonds is 2. The summed E-state index contributed by atoms with van der Waals surface area (Å²) in [6.45, 7) is 8.26. The average molecular weight is 182 g/mol. The van der Waals surface area contributed by atoms with E-state index in [0.717, 1.165) is 30.3 Å². The molecule has 0 heterocycles. The second-order valence-corrected chi connectivity index (χ2v) is 5.69. The standard InChI is InChI=1S/C12H22O/c1-8-5-9-6-11(12(9,2)3)10(8)7-13-4/h8-11H,5-7H2,1-4H3. The lowest BCUT2D eigenvalue weighted by Crippen LogP contribution is -2.56. The van der Waals surface area contributed by atoms with Crippen LogP contribution in [0.15, 0.2) is 0 Å². The molecule has 3 fully saturated rings. The van der Waals surface area contributed by atoms with Gasteiger partial charge in [0.25, 0.3) is 0 Å². The van der Waals surface area contributed by atoms with Crippen molar-refractivity contribution in [3.8, 4) is 0 Å². The molecule has 0 aromatic heterocycles. The third-order valence-electron chi connectivity index (χ3n) is 4.81. The molecule has 0 radical (unpaired) electrons. The zero-order chi connectivity index (χ0) is 9.64. The summed E-state index contributed by atoms with van der Waals surface area (Å²) in [5, 5.41) is 0. The van der Waals surface area contributed by atoms with Crippen molar-refractivity contribution in [2.75, 3.05) is 13.7 Å². The molecule has 0 saturated heterocycles. The lowest BCUT2D eigenvalue weighted by molar-refractivity contribution is -0.145. The van der Waals surface area contributed by atoms with Gasteiger partial charge in [0.15, 0.2) is 0 Å². The maximum atomic E-state index is 5.34. The first-order chi connectivity index (χ1) is 6.07. The predicted octanol–water partition coefficient (Wildman–Crippen LogP) is 2.95.